The summed E-state index contributed by atoms with van der Waals surface area (Å²) >= 11 is 11.8. The monoisotopic (exact) mass is 522 g/mol. The number of nitrogens with zero attached hydrogens (tertiary/aromatic N) is 3. The van der Waals surface area contributed by atoms with E-state index in [9.17, 15) is 40.6 Å². The van der Waals surface area contributed by atoms with Gasteiger partial charge in [0.15, 0.2) is 22.3 Å². The lowest BCUT2D eigenvalue weighted by Gasteiger charge is -2.17. The molecule has 16 heteroatoms. The van der Waals surface area contributed by atoms with Crippen LogP contribution in [0.5, 0.6) is 0 Å². The smallest absolute Gasteiger partial charge is 0.372 e. The number of rotatable bonds is 5. The minimum atomic E-state index is -5.38. The quantitative estimate of drug-likeness (QED) is 0.575. The lowest BCUT2D eigenvalue weighted by Crippen LogP contribution is -2.29. The van der Waals surface area contributed by atoms with Crippen molar-refractivity contribution in [2.45, 2.75) is 29.6 Å². The van der Waals surface area contributed by atoms with Crippen LogP contribution in [0.4, 0.5) is 32.2 Å². The molecule has 0 saturated carbocycles. The summed E-state index contributed by atoms with van der Waals surface area (Å²) in [5.41, 5.74) is -8.28. The predicted octanol–water partition coefficient (Wildman–Crippen LogP) is 4.67. The normalized spacial score (nSPS) is 14.0. The van der Waals surface area contributed by atoms with Gasteiger partial charge in [-0.25, -0.2) is 8.89 Å². The van der Waals surface area contributed by atoms with E-state index >= 15 is 0 Å². The third-order valence-electron chi connectivity index (χ3n) is 3.86. The first-order chi connectivity index (χ1) is 14.6. The Kier molecular flexibility index (Phi) is 7.50. The van der Waals surface area contributed by atoms with E-state index in [-0.39, 0.29) is 0 Å². The highest BCUT2D eigenvalue weighted by atomic mass is 35.5. The van der Waals surface area contributed by atoms with Gasteiger partial charge in [0.2, 0.25) is 0 Å². The molecule has 1 aromatic heterocycles. The molecule has 0 aliphatic rings. The Hall–Kier alpha value is -2.34. The summed E-state index contributed by atoms with van der Waals surface area (Å²) in [5, 5.41) is 13.3. The van der Waals surface area contributed by atoms with Crippen molar-refractivity contribution in [3.63, 3.8) is 0 Å². The summed E-state index contributed by atoms with van der Waals surface area (Å²) in [6, 6.07) is 2.13. The van der Waals surface area contributed by atoms with Crippen molar-refractivity contribution in [2.75, 3.05) is 12.4 Å². The van der Waals surface area contributed by atoms with Gasteiger partial charge < -0.3 is 10.1 Å². The van der Waals surface area contributed by atoms with Crippen LogP contribution in [-0.2, 0) is 26.5 Å². The Morgan fingerprint density at radius 3 is 2.19 bits per heavy atom. The molecule has 2 atom stereocenters. The number of carbonyl (C=O) groups excluding carboxylic acids is 1. The van der Waals surface area contributed by atoms with Crippen LogP contribution >= 0.6 is 23.2 Å². The summed E-state index contributed by atoms with van der Waals surface area (Å²) < 4.78 is 95.8. The number of halogens is 8. The molecule has 0 aliphatic heterocycles. The molecule has 0 aliphatic carbocycles. The SMILES string of the molecule is COC(C)C(=O)Nc1c(S(=O)C(F)(F)F)c(C#N)nn1-c1c(Cl)cc(C(F)(F)F)cc1Cl. The van der Waals surface area contributed by atoms with Crippen molar-refractivity contribution in [1.29, 1.82) is 5.26 Å². The zero-order chi connectivity index (χ0) is 24.6. The molecule has 0 radical (unpaired) electrons. The fourth-order valence-electron chi connectivity index (χ4n) is 2.30. The second-order valence-electron chi connectivity index (χ2n) is 5.92. The summed E-state index contributed by atoms with van der Waals surface area (Å²) in [4.78, 5) is 11.0. The number of nitrogens with one attached hydrogen (secondary N) is 1. The largest absolute Gasteiger partial charge is 0.476 e. The van der Waals surface area contributed by atoms with E-state index in [2.05, 4.69) is 5.10 Å². The maximum Gasteiger partial charge on any atom is 0.476 e. The molecule has 2 rings (SSSR count). The number of benzene rings is 1. The summed E-state index contributed by atoms with van der Waals surface area (Å²) in [6.45, 7) is 1.22. The molecule has 0 spiro atoms. The Balaban J connectivity index is 2.87. The summed E-state index contributed by atoms with van der Waals surface area (Å²) in [6.07, 6.45) is -6.09. The Morgan fingerprint density at radius 1 is 1.25 bits per heavy atom. The average Bonchev–Trinajstić information content (AvgIpc) is 3.02. The number of hydrogen-bond acceptors (Lipinski definition) is 5. The van der Waals surface area contributed by atoms with Crippen LogP contribution in [0.25, 0.3) is 5.69 Å². The van der Waals surface area contributed by atoms with Gasteiger partial charge in [0, 0.05) is 7.11 Å². The standard InChI is InChI=1S/C16H10Cl2F6N4O3S/c1-6(31-2)14(29)26-13-12(32(30)16(22,23)24)10(5-25)27-28(13)11-8(17)3-7(4-9(11)18)15(19,20)21/h3-4,6H,1-2H3,(H,26,29). The van der Waals surface area contributed by atoms with E-state index in [1.807, 2.05) is 5.32 Å². The van der Waals surface area contributed by atoms with E-state index in [0.717, 1.165) is 7.11 Å². The molecular weight excluding hydrogens is 513 g/mol. The van der Waals surface area contributed by atoms with Crippen LogP contribution < -0.4 is 5.32 Å². The first-order valence-electron chi connectivity index (χ1n) is 8.05. The molecule has 7 nitrogen and oxygen atoms in total. The average molecular weight is 523 g/mol. The minimum Gasteiger partial charge on any atom is -0.372 e. The van der Waals surface area contributed by atoms with Crippen LogP contribution in [-0.4, -0.2) is 38.6 Å². The van der Waals surface area contributed by atoms with Crippen molar-refractivity contribution in [2.24, 2.45) is 0 Å². The molecule has 1 aromatic carbocycles. The first-order valence-corrected chi connectivity index (χ1v) is 9.96. The first kappa shape index (κ1) is 25.9. The van der Waals surface area contributed by atoms with Gasteiger partial charge in [-0.15, -0.1) is 0 Å². The van der Waals surface area contributed by atoms with Crippen molar-refractivity contribution < 1.29 is 40.1 Å². The minimum absolute atomic E-state index is 0.405. The zero-order valence-corrected chi connectivity index (χ0v) is 18.1. The lowest BCUT2D eigenvalue weighted by atomic mass is 10.2. The summed E-state index contributed by atoms with van der Waals surface area (Å²) in [7, 11) is -2.76. The lowest BCUT2D eigenvalue weighted by molar-refractivity contribution is -0.137. The molecule has 32 heavy (non-hydrogen) atoms. The Morgan fingerprint density at radius 2 is 1.78 bits per heavy atom. The van der Waals surface area contributed by atoms with Gasteiger partial charge in [-0.3, -0.25) is 4.79 Å². The van der Waals surface area contributed by atoms with E-state index in [1.54, 1.807) is 0 Å². The molecule has 174 valence electrons. The summed E-state index contributed by atoms with van der Waals surface area (Å²) in [5.74, 6) is -1.98. The molecule has 1 N–H and O–H groups in total. The molecule has 0 bridgehead atoms. The molecule has 0 fully saturated rings. The number of hydrogen-bond donors (Lipinski definition) is 1. The molecule has 2 unspecified atom stereocenters. The molecule has 1 heterocycles. The van der Waals surface area contributed by atoms with Crippen LogP contribution in [0, 0.1) is 11.3 Å². The fourth-order valence-corrected chi connectivity index (χ4v) is 3.75. The van der Waals surface area contributed by atoms with Crippen molar-refractivity contribution in [3.8, 4) is 11.8 Å². The highest BCUT2D eigenvalue weighted by Crippen LogP contribution is 2.41. The van der Waals surface area contributed by atoms with Gasteiger partial charge in [-0.1, -0.05) is 23.2 Å². The van der Waals surface area contributed by atoms with Crippen LogP contribution in [0.15, 0.2) is 17.0 Å². The van der Waals surface area contributed by atoms with Gasteiger partial charge in [0.1, 0.15) is 22.8 Å². The van der Waals surface area contributed by atoms with Crippen LogP contribution in [0.2, 0.25) is 10.0 Å². The highest BCUT2D eigenvalue weighted by Gasteiger charge is 2.43. The van der Waals surface area contributed by atoms with Crippen LogP contribution in [0.3, 0.4) is 0 Å². The number of carbonyl (C=O) groups is 1. The predicted molar refractivity (Wildman–Crippen MR) is 101 cm³/mol. The molecule has 0 saturated heterocycles. The number of ether oxygens (including phenoxy) is 1. The van der Waals surface area contributed by atoms with E-state index in [0.29, 0.717) is 16.8 Å². The van der Waals surface area contributed by atoms with Gasteiger partial charge in [0.25, 0.3) is 5.91 Å². The van der Waals surface area contributed by atoms with Gasteiger partial charge >= 0.3 is 11.7 Å². The van der Waals surface area contributed by atoms with E-state index < -0.39 is 72.2 Å². The molecular formula is C16H10Cl2F6N4O3S. The third kappa shape index (κ3) is 5.17. The van der Waals surface area contributed by atoms with Crippen LogP contribution in [0.1, 0.15) is 18.2 Å². The maximum atomic E-state index is 13.2. The van der Waals surface area contributed by atoms with Gasteiger partial charge in [0.05, 0.1) is 15.6 Å². The molecule has 1 amide bonds. The number of aromatic nitrogens is 2. The second-order valence-corrected chi connectivity index (χ2v) is 8.14. The highest BCUT2D eigenvalue weighted by molar-refractivity contribution is 7.86. The number of nitriles is 1. The van der Waals surface area contributed by atoms with Crippen molar-refractivity contribution in [3.05, 3.63) is 33.4 Å². The fraction of sp³-hybridized carbons (Fsp3) is 0.312. The van der Waals surface area contributed by atoms with Gasteiger partial charge in [-0.2, -0.15) is 36.7 Å². The Bertz CT molecular complexity index is 1100. The number of anilines is 1. The number of methoxy groups -OCH3 is 1. The van der Waals surface area contributed by atoms with Crippen molar-refractivity contribution >= 4 is 45.7 Å². The molecule has 2 aromatic rings. The topological polar surface area (TPSA) is 97.0 Å². The maximum absolute atomic E-state index is 13.2. The second kappa shape index (κ2) is 9.26. The van der Waals surface area contributed by atoms with Crippen molar-refractivity contribution in [1.82, 2.24) is 9.78 Å². The van der Waals surface area contributed by atoms with Gasteiger partial charge in [-0.05, 0) is 19.1 Å². The number of alkyl halides is 6. The number of amides is 1. The van der Waals surface area contributed by atoms with E-state index in [4.69, 9.17) is 27.9 Å². The van der Waals surface area contributed by atoms with E-state index in [1.165, 1.54) is 13.0 Å². The Labute approximate surface area is 188 Å². The zero-order valence-electron chi connectivity index (χ0n) is 15.7. The third-order valence-corrected chi connectivity index (χ3v) is 5.62.